The number of ether oxygens (including phenoxy) is 1. The third-order valence-corrected chi connectivity index (χ3v) is 3.41. The Hall–Kier alpha value is -1.95. The molecule has 0 aliphatic rings. The first-order chi connectivity index (χ1) is 9.19. The van der Waals surface area contributed by atoms with Gasteiger partial charge in [0.25, 0.3) is 5.91 Å². The average Bonchev–Trinajstić information content (AvgIpc) is 2.87. The first-order valence-electron chi connectivity index (χ1n) is 6.04. The monoisotopic (exact) mass is 277 g/mol. The number of nitrogens with zero attached hydrogens (tertiary/aromatic N) is 2. The van der Waals surface area contributed by atoms with E-state index in [-0.39, 0.29) is 5.91 Å². The molecular weight excluding hydrogens is 262 g/mol. The SMILES string of the molecule is CCc1nnc(NC(=O)C(C)Oc2ccccc2)s1. The van der Waals surface area contributed by atoms with Crippen LogP contribution in [0, 0.1) is 0 Å². The summed E-state index contributed by atoms with van der Waals surface area (Å²) in [6.45, 7) is 3.69. The summed E-state index contributed by atoms with van der Waals surface area (Å²) in [4.78, 5) is 11.9. The quantitative estimate of drug-likeness (QED) is 0.912. The fraction of sp³-hybridized carbons (Fsp3) is 0.308. The Morgan fingerprint density at radius 2 is 2.11 bits per heavy atom. The van der Waals surface area contributed by atoms with Crippen molar-refractivity contribution in [2.24, 2.45) is 0 Å². The van der Waals surface area contributed by atoms with Crippen molar-refractivity contribution in [1.29, 1.82) is 0 Å². The maximum absolute atomic E-state index is 11.9. The van der Waals surface area contributed by atoms with E-state index in [0.717, 1.165) is 11.4 Å². The van der Waals surface area contributed by atoms with E-state index in [0.29, 0.717) is 10.9 Å². The molecule has 5 nitrogen and oxygen atoms in total. The standard InChI is InChI=1S/C13H15N3O2S/c1-3-11-15-16-13(19-11)14-12(17)9(2)18-10-7-5-4-6-8-10/h4-9H,3H2,1-2H3,(H,14,16,17). The van der Waals surface area contributed by atoms with Crippen LogP contribution in [-0.4, -0.2) is 22.2 Å². The summed E-state index contributed by atoms with van der Waals surface area (Å²) in [5.41, 5.74) is 0. The molecule has 0 spiro atoms. The second-order valence-electron chi connectivity index (χ2n) is 3.92. The summed E-state index contributed by atoms with van der Waals surface area (Å²) in [5, 5.41) is 11.9. The van der Waals surface area contributed by atoms with Gasteiger partial charge >= 0.3 is 0 Å². The van der Waals surface area contributed by atoms with Crippen molar-refractivity contribution in [3.05, 3.63) is 35.3 Å². The highest BCUT2D eigenvalue weighted by Crippen LogP contribution is 2.16. The Labute approximate surface area is 115 Å². The first kappa shape index (κ1) is 13.5. The van der Waals surface area contributed by atoms with Crippen LogP contribution in [-0.2, 0) is 11.2 Å². The number of carbonyl (C=O) groups is 1. The molecule has 0 aliphatic carbocycles. The zero-order chi connectivity index (χ0) is 13.7. The molecule has 2 rings (SSSR count). The van der Waals surface area contributed by atoms with Gasteiger partial charge in [-0.2, -0.15) is 0 Å². The van der Waals surface area contributed by atoms with Crippen LogP contribution >= 0.6 is 11.3 Å². The number of amides is 1. The highest BCUT2D eigenvalue weighted by Gasteiger charge is 2.16. The molecule has 1 atom stereocenters. The van der Waals surface area contributed by atoms with Crippen LogP contribution in [0.5, 0.6) is 5.75 Å². The summed E-state index contributed by atoms with van der Waals surface area (Å²) >= 11 is 1.38. The molecule has 0 aliphatic heterocycles. The van der Waals surface area contributed by atoms with Crippen LogP contribution in [0.2, 0.25) is 0 Å². The van der Waals surface area contributed by atoms with Gasteiger partial charge in [0.1, 0.15) is 10.8 Å². The number of rotatable bonds is 5. The lowest BCUT2D eigenvalue weighted by molar-refractivity contribution is -0.122. The topological polar surface area (TPSA) is 64.1 Å². The molecule has 0 bridgehead atoms. The zero-order valence-electron chi connectivity index (χ0n) is 10.8. The van der Waals surface area contributed by atoms with Crippen LogP contribution in [0.3, 0.4) is 0 Å². The summed E-state index contributed by atoms with van der Waals surface area (Å²) < 4.78 is 5.53. The maximum atomic E-state index is 11.9. The van der Waals surface area contributed by atoms with E-state index in [9.17, 15) is 4.79 Å². The van der Waals surface area contributed by atoms with Crippen molar-refractivity contribution in [3.63, 3.8) is 0 Å². The van der Waals surface area contributed by atoms with Gasteiger partial charge in [-0.25, -0.2) is 0 Å². The second kappa shape index (κ2) is 6.29. The van der Waals surface area contributed by atoms with Crippen LogP contribution in [0.4, 0.5) is 5.13 Å². The average molecular weight is 277 g/mol. The molecule has 1 amide bonds. The van der Waals surface area contributed by atoms with Crippen molar-refractivity contribution in [1.82, 2.24) is 10.2 Å². The zero-order valence-corrected chi connectivity index (χ0v) is 11.6. The summed E-state index contributed by atoms with van der Waals surface area (Å²) in [7, 11) is 0. The molecule has 0 saturated heterocycles. The highest BCUT2D eigenvalue weighted by molar-refractivity contribution is 7.15. The molecule has 2 aromatic rings. The van der Waals surface area contributed by atoms with Crippen molar-refractivity contribution < 1.29 is 9.53 Å². The fourth-order valence-corrected chi connectivity index (χ4v) is 2.09. The van der Waals surface area contributed by atoms with Gasteiger partial charge in [-0.3, -0.25) is 10.1 Å². The van der Waals surface area contributed by atoms with Crippen LogP contribution in [0.25, 0.3) is 0 Å². The molecule has 1 aromatic heterocycles. The minimum atomic E-state index is -0.587. The van der Waals surface area contributed by atoms with Crippen LogP contribution in [0.15, 0.2) is 30.3 Å². The molecule has 0 radical (unpaired) electrons. The smallest absolute Gasteiger partial charge is 0.266 e. The number of hydrogen-bond donors (Lipinski definition) is 1. The van der Waals surface area contributed by atoms with Gasteiger partial charge in [-0.1, -0.05) is 36.5 Å². The number of carbonyl (C=O) groups excluding carboxylic acids is 1. The summed E-state index contributed by atoms with van der Waals surface area (Å²) in [6, 6.07) is 9.23. The molecule has 6 heteroatoms. The number of benzene rings is 1. The van der Waals surface area contributed by atoms with E-state index in [4.69, 9.17) is 4.74 Å². The van der Waals surface area contributed by atoms with E-state index in [1.165, 1.54) is 11.3 Å². The molecule has 0 fully saturated rings. The van der Waals surface area contributed by atoms with Gasteiger partial charge in [-0.15, -0.1) is 10.2 Å². The fourth-order valence-electron chi connectivity index (χ4n) is 1.41. The number of hydrogen-bond acceptors (Lipinski definition) is 5. The summed E-state index contributed by atoms with van der Waals surface area (Å²) in [6.07, 6.45) is 0.222. The Morgan fingerprint density at radius 3 is 2.74 bits per heavy atom. The predicted octanol–water partition coefficient (Wildman–Crippen LogP) is 2.51. The molecule has 19 heavy (non-hydrogen) atoms. The van der Waals surface area contributed by atoms with Gasteiger partial charge < -0.3 is 4.74 Å². The van der Waals surface area contributed by atoms with Crippen molar-refractivity contribution in [2.75, 3.05) is 5.32 Å². The largest absolute Gasteiger partial charge is 0.481 e. The minimum Gasteiger partial charge on any atom is -0.481 e. The van der Waals surface area contributed by atoms with E-state index in [1.807, 2.05) is 37.3 Å². The van der Waals surface area contributed by atoms with Crippen molar-refractivity contribution >= 4 is 22.4 Å². The third-order valence-electron chi connectivity index (χ3n) is 2.42. The van der Waals surface area contributed by atoms with Gasteiger partial charge in [-0.05, 0) is 25.5 Å². The summed E-state index contributed by atoms with van der Waals surface area (Å²) in [5.74, 6) is 0.430. The van der Waals surface area contributed by atoms with E-state index in [2.05, 4.69) is 15.5 Å². The first-order valence-corrected chi connectivity index (χ1v) is 6.85. The van der Waals surface area contributed by atoms with E-state index in [1.54, 1.807) is 6.92 Å². The second-order valence-corrected chi connectivity index (χ2v) is 4.98. The van der Waals surface area contributed by atoms with Gasteiger partial charge in [0.05, 0.1) is 0 Å². The molecule has 1 heterocycles. The lowest BCUT2D eigenvalue weighted by Gasteiger charge is -2.13. The Bertz CT molecular complexity index is 542. The van der Waals surface area contributed by atoms with Crippen molar-refractivity contribution in [2.45, 2.75) is 26.4 Å². The number of aryl methyl sites for hydroxylation is 1. The van der Waals surface area contributed by atoms with E-state index < -0.39 is 6.10 Å². The molecule has 1 N–H and O–H groups in total. The Balaban J connectivity index is 1.92. The normalized spacial score (nSPS) is 11.9. The number of aromatic nitrogens is 2. The maximum Gasteiger partial charge on any atom is 0.266 e. The van der Waals surface area contributed by atoms with Crippen molar-refractivity contribution in [3.8, 4) is 5.75 Å². The van der Waals surface area contributed by atoms with E-state index >= 15 is 0 Å². The lowest BCUT2D eigenvalue weighted by atomic mass is 10.3. The molecule has 100 valence electrons. The molecule has 1 unspecified atom stereocenters. The highest BCUT2D eigenvalue weighted by atomic mass is 32.1. The van der Waals surface area contributed by atoms with Gasteiger partial charge in [0.2, 0.25) is 5.13 Å². The van der Waals surface area contributed by atoms with Gasteiger partial charge in [0, 0.05) is 0 Å². The minimum absolute atomic E-state index is 0.234. The Kier molecular flexibility index (Phi) is 4.46. The Morgan fingerprint density at radius 1 is 1.37 bits per heavy atom. The third kappa shape index (κ3) is 3.75. The predicted molar refractivity (Wildman–Crippen MR) is 74.4 cm³/mol. The lowest BCUT2D eigenvalue weighted by Crippen LogP contribution is -2.30. The number of para-hydroxylation sites is 1. The van der Waals surface area contributed by atoms with Gasteiger partial charge in [0.15, 0.2) is 6.10 Å². The van der Waals surface area contributed by atoms with Crippen LogP contribution in [0.1, 0.15) is 18.9 Å². The number of nitrogens with one attached hydrogen (secondary N) is 1. The molecular formula is C13H15N3O2S. The molecule has 1 aromatic carbocycles. The number of anilines is 1. The van der Waals surface area contributed by atoms with Crippen LogP contribution < -0.4 is 10.1 Å². The molecule has 0 saturated carbocycles.